The van der Waals surface area contributed by atoms with E-state index < -0.39 is 42.2 Å². The van der Waals surface area contributed by atoms with Crippen molar-refractivity contribution in [1.82, 2.24) is 20.0 Å². The van der Waals surface area contributed by atoms with Gasteiger partial charge in [-0.1, -0.05) is 26.8 Å². The van der Waals surface area contributed by atoms with E-state index in [4.69, 9.17) is 9.79 Å². The molecule has 0 unspecified atom stereocenters. The average molecular weight is 655 g/mol. The van der Waals surface area contributed by atoms with Crippen LogP contribution in [0.1, 0.15) is 62.2 Å². The minimum absolute atomic E-state index is 0.0219. The van der Waals surface area contributed by atoms with Gasteiger partial charge in [-0.3, -0.25) is 23.7 Å². The third-order valence-electron chi connectivity index (χ3n) is 8.94. The smallest absolute Gasteiger partial charge is 0.341 e. The molecule has 44 heavy (non-hydrogen) atoms. The van der Waals surface area contributed by atoms with Crippen molar-refractivity contribution in [2.75, 3.05) is 26.2 Å². The van der Waals surface area contributed by atoms with Crippen LogP contribution in [0.2, 0.25) is 0 Å². The van der Waals surface area contributed by atoms with Crippen molar-refractivity contribution in [2.24, 2.45) is 11.3 Å². The van der Waals surface area contributed by atoms with Crippen molar-refractivity contribution in [3.63, 3.8) is 0 Å². The lowest BCUT2D eigenvalue weighted by atomic mass is 9.85. The van der Waals surface area contributed by atoms with Crippen LogP contribution in [0.3, 0.4) is 0 Å². The number of amides is 4. The van der Waals surface area contributed by atoms with Crippen LogP contribution < -0.4 is 5.32 Å². The lowest BCUT2D eigenvalue weighted by Crippen LogP contribution is -2.58. The molecule has 1 aromatic heterocycles. The Labute approximate surface area is 257 Å². The second kappa shape index (κ2) is 11.5. The van der Waals surface area contributed by atoms with Crippen LogP contribution in [0.4, 0.5) is 8.78 Å². The molecule has 3 aliphatic rings. The van der Waals surface area contributed by atoms with Crippen LogP contribution >= 0.6 is 18.9 Å². The van der Waals surface area contributed by atoms with E-state index in [9.17, 15) is 32.5 Å². The molecule has 4 amide bonds. The summed E-state index contributed by atoms with van der Waals surface area (Å²) < 4.78 is 40.3. The molecule has 240 valence electrons. The van der Waals surface area contributed by atoms with Crippen molar-refractivity contribution >= 4 is 52.6 Å². The number of halogens is 2. The third kappa shape index (κ3) is 5.89. The largest absolute Gasteiger partial charge is 0.399 e. The standard InChI is InChI=1S/C29H37F2N4O7PS/c1-16(36)33-14-17-9-11-35(21(17)15-33)26(38)20-6-5-10-34(20)27(39)24(28(2,3)4)32-25(37)23-13-18-12-19(7-8-22(18)44-23)29(30,31)43(40,41)42/h7-8,12-13,17,20-21,24H,5-6,9-11,14-15H2,1-4H3,(H,32,37)(H2,40,41,42)/t17-,20+,21+,24-/m1/s1. The van der Waals surface area contributed by atoms with Crippen molar-refractivity contribution in [1.29, 1.82) is 0 Å². The first-order valence-corrected chi connectivity index (χ1v) is 17.0. The highest BCUT2D eigenvalue weighted by Gasteiger charge is 2.51. The Morgan fingerprint density at radius 1 is 1.05 bits per heavy atom. The molecule has 1 aromatic carbocycles. The number of fused-ring (bicyclic) bond motifs is 2. The molecule has 4 heterocycles. The second-order valence-corrected chi connectivity index (χ2v) is 15.7. The number of carbonyl (C=O) groups is 4. The summed E-state index contributed by atoms with van der Waals surface area (Å²) in [5.41, 5.74) is -6.00. The van der Waals surface area contributed by atoms with Gasteiger partial charge < -0.3 is 29.8 Å². The molecular formula is C29H37F2N4O7PS. The quantitative estimate of drug-likeness (QED) is 0.405. The van der Waals surface area contributed by atoms with Gasteiger partial charge in [0.2, 0.25) is 17.7 Å². The first-order chi connectivity index (χ1) is 20.4. The summed E-state index contributed by atoms with van der Waals surface area (Å²) in [5, 5.41) is 3.01. The zero-order valence-corrected chi connectivity index (χ0v) is 26.7. The average Bonchev–Trinajstić information content (AvgIpc) is 3.71. The molecule has 3 fully saturated rings. The predicted molar refractivity (Wildman–Crippen MR) is 159 cm³/mol. The van der Waals surface area contributed by atoms with E-state index in [1.54, 1.807) is 30.6 Å². The Kier molecular flexibility index (Phi) is 8.45. The highest BCUT2D eigenvalue weighted by molar-refractivity contribution is 7.52. The molecule has 0 spiro atoms. The summed E-state index contributed by atoms with van der Waals surface area (Å²) in [4.78, 5) is 76.6. The Hall–Kier alpha value is -2.93. The van der Waals surface area contributed by atoms with E-state index in [1.165, 1.54) is 19.1 Å². The number of thiophene rings is 1. The molecular weight excluding hydrogens is 617 g/mol. The van der Waals surface area contributed by atoms with E-state index >= 15 is 0 Å². The summed E-state index contributed by atoms with van der Waals surface area (Å²) in [6, 6.07) is 2.72. The van der Waals surface area contributed by atoms with Crippen LogP contribution in [-0.2, 0) is 24.6 Å². The van der Waals surface area contributed by atoms with Crippen molar-refractivity contribution < 1.29 is 42.3 Å². The topological polar surface area (TPSA) is 148 Å². The molecule has 15 heteroatoms. The summed E-state index contributed by atoms with van der Waals surface area (Å²) >= 11 is 0.997. The number of likely N-dealkylation sites (tertiary alicyclic amines) is 3. The van der Waals surface area contributed by atoms with Gasteiger partial charge in [-0.25, -0.2) is 0 Å². The maximum atomic E-state index is 14.3. The second-order valence-electron chi connectivity index (χ2n) is 13.0. The number of nitrogens with one attached hydrogen (secondary N) is 1. The number of carbonyl (C=O) groups excluding carboxylic acids is 4. The molecule has 2 aromatic rings. The molecule has 11 nitrogen and oxygen atoms in total. The highest BCUT2D eigenvalue weighted by atomic mass is 32.1. The first-order valence-electron chi connectivity index (χ1n) is 14.5. The SMILES string of the molecule is CC(=O)N1C[C@H]2CCN(C(=O)[C@@H]3CCCN3C(=O)[C@@H](NC(=O)c3cc4cc(C(F)(F)P(=O)(O)O)ccc4s3)C(C)(C)C)[C@H]2C1. The van der Waals surface area contributed by atoms with Crippen LogP contribution in [0, 0.1) is 11.3 Å². The van der Waals surface area contributed by atoms with Gasteiger partial charge in [-0.05, 0) is 48.3 Å². The van der Waals surface area contributed by atoms with Crippen LogP contribution in [-0.4, -0.2) is 92.4 Å². The number of benzene rings is 1. The number of hydrogen-bond acceptors (Lipinski definition) is 6. The normalized spacial score (nSPS) is 23.3. The number of rotatable bonds is 6. The molecule has 0 bridgehead atoms. The summed E-state index contributed by atoms with van der Waals surface area (Å²) in [6.07, 6.45) is 1.93. The fourth-order valence-corrected chi connectivity index (χ4v) is 7.92. The minimum atomic E-state index is -5.77. The molecule has 0 aliphatic carbocycles. The van der Waals surface area contributed by atoms with E-state index in [0.29, 0.717) is 43.7 Å². The fourth-order valence-electron chi connectivity index (χ4n) is 6.50. The Morgan fingerprint density at radius 3 is 2.39 bits per heavy atom. The summed E-state index contributed by atoms with van der Waals surface area (Å²) in [7, 11) is -5.77. The van der Waals surface area contributed by atoms with Crippen molar-refractivity contribution in [3.8, 4) is 0 Å². The Bertz CT molecular complexity index is 1550. The predicted octanol–water partition coefficient (Wildman–Crippen LogP) is 3.34. The molecule has 5 rings (SSSR count). The Balaban J connectivity index is 1.33. The first kappa shape index (κ1) is 32.5. The van der Waals surface area contributed by atoms with Gasteiger partial charge >= 0.3 is 13.3 Å². The molecule has 4 atom stereocenters. The number of alkyl halides is 2. The van der Waals surface area contributed by atoms with Crippen LogP contribution in [0.25, 0.3) is 10.1 Å². The Morgan fingerprint density at radius 2 is 1.75 bits per heavy atom. The van der Waals surface area contributed by atoms with Gasteiger partial charge in [0.25, 0.3) is 5.91 Å². The van der Waals surface area contributed by atoms with E-state index in [2.05, 4.69) is 5.32 Å². The maximum absolute atomic E-state index is 14.3. The molecule has 3 N–H and O–H groups in total. The summed E-state index contributed by atoms with van der Waals surface area (Å²) in [5.74, 6) is -0.941. The van der Waals surface area contributed by atoms with E-state index in [0.717, 1.165) is 29.9 Å². The van der Waals surface area contributed by atoms with E-state index in [1.807, 2.05) is 4.90 Å². The minimum Gasteiger partial charge on any atom is -0.341 e. The number of hydrogen-bond donors (Lipinski definition) is 3. The van der Waals surface area contributed by atoms with Gasteiger partial charge in [-0.15, -0.1) is 11.3 Å². The maximum Gasteiger partial charge on any atom is 0.399 e. The van der Waals surface area contributed by atoms with Crippen LogP contribution in [0.15, 0.2) is 24.3 Å². The van der Waals surface area contributed by atoms with Gasteiger partial charge in [0, 0.05) is 49.3 Å². The van der Waals surface area contributed by atoms with E-state index in [-0.39, 0.29) is 39.9 Å². The van der Waals surface area contributed by atoms with Crippen molar-refractivity contribution in [3.05, 3.63) is 34.7 Å². The fraction of sp³-hybridized carbons (Fsp3) is 0.586. The highest BCUT2D eigenvalue weighted by Crippen LogP contribution is 2.59. The third-order valence-corrected chi connectivity index (χ3v) is 11.0. The van der Waals surface area contributed by atoms with Gasteiger partial charge in [0.1, 0.15) is 12.1 Å². The van der Waals surface area contributed by atoms with Gasteiger partial charge in [-0.2, -0.15) is 8.78 Å². The zero-order chi connectivity index (χ0) is 32.4. The molecule has 0 saturated carbocycles. The van der Waals surface area contributed by atoms with Gasteiger partial charge in [0.05, 0.1) is 10.9 Å². The monoisotopic (exact) mass is 654 g/mol. The zero-order valence-electron chi connectivity index (χ0n) is 25.0. The van der Waals surface area contributed by atoms with Gasteiger partial charge in [0.15, 0.2) is 0 Å². The molecule has 3 aliphatic heterocycles. The lowest BCUT2D eigenvalue weighted by Gasteiger charge is -2.37. The number of nitrogens with zero attached hydrogens (tertiary/aromatic N) is 3. The molecule has 0 radical (unpaired) electrons. The summed E-state index contributed by atoms with van der Waals surface area (Å²) in [6.45, 7) is 8.95. The lowest BCUT2D eigenvalue weighted by molar-refractivity contribution is -0.146. The van der Waals surface area contributed by atoms with Crippen molar-refractivity contribution in [2.45, 2.75) is 70.7 Å². The van der Waals surface area contributed by atoms with Crippen LogP contribution in [0.5, 0.6) is 0 Å². The molecule has 3 saturated heterocycles.